The number of nitrogens with one attached hydrogen (secondary N) is 1. The molecular weight excluding hydrogens is 503 g/mol. The molecule has 11 heteroatoms. The highest BCUT2D eigenvalue weighted by molar-refractivity contribution is 6.30. The highest BCUT2D eigenvalue weighted by Crippen LogP contribution is 2.35. The van der Waals surface area contributed by atoms with E-state index in [9.17, 15) is 13.2 Å². The molecule has 2 fully saturated rings. The lowest BCUT2D eigenvalue weighted by Gasteiger charge is -2.36. The molecule has 1 aliphatic heterocycles. The molecule has 1 aromatic carbocycles. The van der Waals surface area contributed by atoms with Crippen molar-refractivity contribution in [3.05, 3.63) is 53.2 Å². The van der Waals surface area contributed by atoms with Gasteiger partial charge in [0.2, 0.25) is 11.9 Å². The molecule has 0 bridgehead atoms. The normalized spacial score (nSPS) is 17.2. The number of benzene rings is 1. The Hall–Kier alpha value is -3.14. The Labute approximate surface area is 219 Å². The SMILES string of the molecule is FC(F)(F)c1cccnc1N1CCN(c2nc(NCC3CCCCC3)nc(-c3cccc(Cl)c3)n2)CC1. The van der Waals surface area contributed by atoms with Crippen LogP contribution in [0.3, 0.4) is 0 Å². The maximum absolute atomic E-state index is 13.5. The number of alkyl halides is 3. The first-order valence-corrected chi connectivity index (χ1v) is 13.0. The van der Waals surface area contributed by atoms with Gasteiger partial charge in [0.15, 0.2) is 5.82 Å². The molecule has 1 aliphatic carbocycles. The molecule has 3 heterocycles. The van der Waals surface area contributed by atoms with E-state index in [-0.39, 0.29) is 5.82 Å². The van der Waals surface area contributed by atoms with E-state index in [0.29, 0.717) is 54.8 Å². The topological polar surface area (TPSA) is 70.1 Å². The van der Waals surface area contributed by atoms with Crippen LogP contribution in [0, 0.1) is 5.92 Å². The fourth-order valence-corrected chi connectivity index (χ4v) is 5.15. The number of rotatable bonds is 6. The minimum atomic E-state index is -4.46. The smallest absolute Gasteiger partial charge is 0.354 e. The third kappa shape index (κ3) is 6.23. The lowest BCUT2D eigenvalue weighted by molar-refractivity contribution is -0.137. The number of nitrogens with zero attached hydrogens (tertiary/aromatic N) is 6. The Kier molecular flexibility index (Phi) is 7.64. The highest BCUT2D eigenvalue weighted by Gasteiger charge is 2.36. The molecular formula is C26H29ClF3N7. The van der Waals surface area contributed by atoms with E-state index < -0.39 is 11.7 Å². The lowest BCUT2D eigenvalue weighted by Crippen LogP contribution is -2.48. The summed E-state index contributed by atoms with van der Waals surface area (Å²) in [6, 6.07) is 9.73. The quantitative estimate of drug-likeness (QED) is 0.423. The minimum absolute atomic E-state index is 0.0419. The molecule has 1 N–H and O–H groups in total. The van der Waals surface area contributed by atoms with Gasteiger partial charge in [0, 0.05) is 49.5 Å². The molecule has 1 saturated carbocycles. The number of anilines is 3. The molecule has 0 unspecified atom stereocenters. The van der Waals surface area contributed by atoms with E-state index >= 15 is 0 Å². The molecule has 7 nitrogen and oxygen atoms in total. The Balaban J connectivity index is 1.36. The van der Waals surface area contributed by atoms with Crippen molar-refractivity contribution in [1.29, 1.82) is 0 Å². The van der Waals surface area contributed by atoms with Crippen molar-refractivity contribution in [1.82, 2.24) is 19.9 Å². The Morgan fingerprint density at radius 2 is 1.68 bits per heavy atom. The van der Waals surface area contributed by atoms with Crippen LogP contribution in [0.15, 0.2) is 42.6 Å². The van der Waals surface area contributed by atoms with Gasteiger partial charge in [-0.15, -0.1) is 0 Å². The van der Waals surface area contributed by atoms with Crippen LogP contribution < -0.4 is 15.1 Å². The predicted molar refractivity (Wildman–Crippen MR) is 139 cm³/mol. The molecule has 5 rings (SSSR count). The Bertz CT molecular complexity index is 1210. The molecule has 0 atom stereocenters. The second kappa shape index (κ2) is 11.1. The van der Waals surface area contributed by atoms with E-state index in [2.05, 4.69) is 20.3 Å². The number of hydrogen-bond acceptors (Lipinski definition) is 7. The first-order valence-electron chi connectivity index (χ1n) is 12.6. The molecule has 1 saturated heterocycles. The highest BCUT2D eigenvalue weighted by atomic mass is 35.5. The van der Waals surface area contributed by atoms with Crippen LogP contribution in [-0.2, 0) is 6.18 Å². The van der Waals surface area contributed by atoms with Gasteiger partial charge in [0.05, 0.1) is 5.56 Å². The molecule has 3 aromatic rings. The van der Waals surface area contributed by atoms with E-state index in [1.807, 2.05) is 23.1 Å². The maximum atomic E-state index is 13.5. The van der Waals surface area contributed by atoms with Gasteiger partial charge in [-0.1, -0.05) is 43.0 Å². The van der Waals surface area contributed by atoms with E-state index in [1.165, 1.54) is 44.4 Å². The summed E-state index contributed by atoms with van der Waals surface area (Å²) in [4.78, 5) is 21.7. The number of aromatic nitrogens is 4. The van der Waals surface area contributed by atoms with Crippen molar-refractivity contribution in [2.75, 3.05) is 47.8 Å². The summed E-state index contributed by atoms with van der Waals surface area (Å²) in [5.74, 6) is 2.04. The molecule has 0 radical (unpaired) electrons. The second-order valence-corrected chi connectivity index (χ2v) is 9.96. The molecule has 196 valence electrons. The van der Waals surface area contributed by atoms with Gasteiger partial charge in [-0.05, 0) is 43.0 Å². The van der Waals surface area contributed by atoms with Crippen molar-refractivity contribution in [3.8, 4) is 11.4 Å². The van der Waals surface area contributed by atoms with Crippen molar-refractivity contribution in [2.45, 2.75) is 38.3 Å². The van der Waals surface area contributed by atoms with Gasteiger partial charge < -0.3 is 15.1 Å². The standard InChI is InChI=1S/C26H29ClF3N7/c27-20-9-4-8-19(16-20)22-33-24(32-17-18-6-2-1-3-7-18)35-25(34-22)37-14-12-36(13-15-37)23-21(26(28,29)30)10-5-11-31-23/h4-5,8-11,16,18H,1-3,6-7,12-15,17H2,(H,32,33,34,35). The van der Waals surface area contributed by atoms with Crippen LogP contribution in [0.2, 0.25) is 5.02 Å². The fraction of sp³-hybridized carbons (Fsp3) is 0.462. The van der Waals surface area contributed by atoms with Crippen LogP contribution in [0.1, 0.15) is 37.7 Å². The average Bonchev–Trinajstić information content (AvgIpc) is 2.92. The van der Waals surface area contributed by atoms with E-state index in [0.717, 1.165) is 18.2 Å². The van der Waals surface area contributed by atoms with Gasteiger partial charge in [-0.25, -0.2) is 4.98 Å². The summed E-state index contributed by atoms with van der Waals surface area (Å²) in [7, 11) is 0. The molecule has 0 amide bonds. The monoisotopic (exact) mass is 531 g/mol. The summed E-state index contributed by atoms with van der Waals surface area (Å²) >= 11 is 6.22. The Morgan fingerprint density at radius 1 is 0.919 bits per heavy atom. The van der Waals surface area contributed by atoms with Gasteiger partial charge >= 0.3 is 6.18 Å². The first kappa shape index (κ1) is 25.5. The summed E-state index contributed by atoms with van der Waals surface area (Å²) < 4.78 is 40.5. The largest absolute Gasteiger partial charge is 0.419 e. The fourth-order valence-electron chi connectivity index (χ4n) is 4.96. The summed E-state index contributed by atoms with van der Waals surface area (Å²) in [5.41, 5.74) is 0.0554. The number of hydrogen-bond donors (Lipinski definition) is 1. The third-order valence-electron chi connectivity index (χ3n) is 6.93. The van der Waals surface area contributed by atoms with Crippen molar-refractivity contribution in [3.63, 3.8) is 0 Å². The van der Waals surface area contributed by atoms with Crippen LogP contribution in [0.5, 0.6) is 0 Å². The van der Waals surface area contributed by atoms with E-state index in [1.54, 1.807) is 11.0 Å². The summed E-state index contributed by atoms with van der Waals surface area (Å²) in [5, 5.41) is 3.99. The van der Waals surface area contributed by atoms with E-state index in [4.69, 9.17) is 16.6 Å². The lowest BCUT2D eigenvalue weighted by atomic mass is 9.89. The zero-order valence-electron chi connectivity index (χ0n) is 20.4. The van der Waals surface area contributed by atoms with Crippen LogP contribution in [0.4, 0.5) is 30.9 Å². The zero-order valence-corrected chi connectivity index (χ0v) is 21.1. The van der Waals surface area contributed by atoms with Crippen LogP contribution >= 0.6 is 11.6 Å². The van der Waals surface area contributed by atoms with Crippen LogP contribution in [-0.4, -0.2) is 52.7 Å². The van der Waals surface area contributed by atoms with Crippen molar-refractivity contribution in [2.24, 2.45) is 5.92 Å². The van der Waals surface area contributed by atoms with Gasteiger partial charge in [-0.3, -0.25) is 0 Å². The number of pyridine rings is 1. The molecule has 2 aliphatic rings. The number of halogens is 4. The second-order valence-electron chi connectivity index (χ2n) is 9.52. The maximum Gasteiger partial charge on any atom is 0.419 e. The van der Waals surface area contributed by atoms with Crippen molar-refractivity contribution < 1.29 is 13.2 Å². The molecule has 37 heavy (non-hydrogen) atoms. The molecule has 0 spiro atoms. The average molecular weight is 532 g/mol. The van der Waals surface area contributed by atoms with Gasteiger partial charge in [0.1, 0.15) is 5.82 Å². The van der Waals surface area contributed by atoms with Gasteiger partial charge in [0.25, 0.3) is 0 Å². The molecule has 2 aromatic heterocycles. The summed E-state index contributed by atoms with van der Waals surface area (Å²) in [6.07, 6.45) is 3.12. The third-order valence-corrected chi connectivity index (χ3v) is 7.17. The zero-order chi connectivity index (χ0) is 25.8. The first-order chi connectivity index (χ1) is 17.9. The minimum Gasteiger partial charge on any atom is -0.354 e. The Morgan fingerprint density at radius 3 is 2.41 bits per heavy atom. The van der Waals surface area contributed by atoms with Gasteiger partial charge in [-0.2, -0.15) is 28.1 Å². The van der Waals surface area contributed by atoms with Crippen LogP contribution in [0.25, 0.3) is 11.4 Å². The number of piperazine rings is 1. The van der Waals surface area contributed by atoms with Crippen molar-refractivity contribution >= 4 is 29.3 Å². The predicted octanol–water partition coefficient (Wildman–Crippen LogP) is 5.92. The summed E-state index contributed by atoms with van der Waals surface area (Å²) in [6.45, 7) is 2.43.